The van der Waals surface area contributed by atoms with Gasteiger partial charge in [0, 0.05) is 5.75 Å². The Bertz CT molecular complexity index is 775. The topological polar surface area (TPSA) is 125 Å². The number of hydrogen-bond donors (Lipinski definition) is 2. The van der Waals surface area contributed by atoms with Gasteiger partial charge in [-0.15, -0.1) is 0 Å². The van der Waals surface area contributed by atoms with Gasteiger partial charge in [0.25, 0.3) is 0 Å². The van der Waals surface area contributed by atoms with Crippen molar-refractivity contribution in [3.63, 3.8) is 0 Å². The van der Waals surface area contributed by atoms with Crippen molar-refractivity contribution in [2.75, 3.05) is 5.75 Å². The Morgan fingerprint density at radius 1 is 1.18 bits per heavy atom. The molecule has 9 nitrogen and oxygen atoms in total. The van der Waals surface area contributed by atoms with Crippen LogP contribution in [0.3, 0.4) is 0 Å². The van der Waals surface area contributed by atoms with Crippen LogP contribution in [0.4, 0.5) is 4.79 Å². The van der Waals surface area contributed by atoms with Crippen molar-refractivity contribution >= 4 is 41.6 Å². The highest BCUT2D eigenvalue weighted by Gasteiger charge is 2.36. The van der Waals surface area contributed by atoms with Crippen LogP contribution < -0.4 is 11.1 Å². The van der Waals surface area contributed by atoms with Crippen LogP contribution in [0.5, 0.6) is 0 Å². The van der Waals surface area contributed by atoms with E-state index >= 15 is 0 Å². The van der Waals surface area contributed by atoms with Crippen molar-refractivity contribution in [3.05, 3.63) is 22.1 Å². The van der Waals surface area contributed by atoms with Crippen molar-refractivity contribution in [2.45, 2.75) is 64.5 Å². The second kappa shape index (κ2) is 9.55. The van der Waals surface area contributed by atoms with Gasteiger partial charge in [0.1, 0.15) is 11.6 Å². The van der Waals surface area contributed by atoms with Crippen molar-refractivity contribution in [3.8, 4) is 0 Å². The first-order valence-electron chi connectivity index (χ1n) is 8.35. The van der Waals surface area contributed by atoms with Gasteiger partial charge in [-0.2, -0.15) is 12.6 Å². The van der Waals surface area contributed by atoms with E-state index in [-0.39, 0.29) is 23.9 Å². The molecule has 0 saturated heterocycles. The molecule has 1 atom stereocenters. The molecular formula is C17H25NO8S2. The van der Waals surface area contributed by atoms with Gasteiger partial charge < -0.3 is 23.6 Å². The lowest BCUT2D eigenvalue weighted by Gasteiger charge is -2.27. The normalized spacial score (nSPS) is 13.0. The van der Waals surface area contributed by atoms with Gasteiger partial charge in [-0.25, -0.2) is 14.4 Å². The van der Waals surface area contributed by atoms with Crippen molar-refractivity contribution < 1.29 is 32.7 Å². The highest BCUT2D eigenvalue weighted by atomic mass is 32.2. The summed E-state index contributed by atoms with van der Waals surface area (Å²) in [7, 11) is 0. The van der Waals surface area contributed by atoms with Crippen LogP contribution in [-0.4, -0.2) is 39.3 Å². The molecule has 0 spiro atoms. The lowest BCUT2D eigenvalue weighted by atomic mass is 10.1. The van der Waals surface area contributed by atoms with E-state index in [2.05, 4.69) is 22.4 Å². The number of esters is 1. The summed E-state index contributed by atoms with van der Waals surface area (Å²) >= 11 is 4.69. The molecule has 28 heavy (non-hydrogen) atoms. The summed E-state index contributed by atoms with van der Waals surface area (Å²) in [5.41, 5.74) is -0.711. The van der Waals surface area contributed by atoms with E-state index < -0.39 is 39.4 Å². The Kier molecular flexibility index (Phi) is 8.24. The Labute approximate surface area is 172 Å². The summed E-state index contributed by atoms with van der Waals surface area (Å²) in [6, 6.07) is -0.964. The molecule has 0 radical (unpaired) electrons. The lowest BCUT2D eigenvalue weighted by Crippen LogP contribution is -2.51. The van der Waals surface area contributed by atoms with Gasteiger partial charge in [0.2, 0.25) is 5.91 Å². The van der Waals surface area contributed by atoms with Crippen LogP contribution in [0.1, 0.15) is 46.1 Å². The predicted molar refractivity (Wildman–Crippen MR) is 105 cm³/mol. The first-order valence-corrected chi connectivity index (χ1v) is 9.80. The Morgan fingerprint density at radius 2 is 1.79 bits per heavy atom. The molecule has 1 N–H and O–H groups in total. The van der Waals surface area contributed by atoms with Crippen LogP contribution in [0.15, 0.2) is 13.6 Å². The third-order valence-corrected chi connectivity index (χ3v) is 4.57. The number of aryl methyl sites for hydroxylation is 1. The molecule has 11 heteroatoms. The summed E-state index contributed by atoms with van der Waals surface area (Å²) < 4.78 is 18.4. The van der Waals surface area contributed by atoms with E-state index in [0.29, 0.717) is 11.8 Å². The van der Waals surface area contributed by atoms with Crippen LogP contribution in [0.25, 0.3) is 0 Å². The molecule has 1 amide bonds. The average Bonchev–Trinajstić information content (AvgIpc) is 2.85. The number of amides is 1. The highest BCUT2D eigenvalue weighted by Crippen LogP contribution is 2.27. The Hall–Kier alpha value is -1.88. The van der Waals surface area contributed by atoms with E-state index in [9.17, 15) is 19.2 Å². The zero-order valence-corrected chi connectivity index (χ0v) is 18.3. The van der Waals surface area contributed by atoms with Crippen LogP contribution in [-0.2, 0) is 25.7 Å². The Balaban J connectivity index is 2.64. The van der Waals surface area contributed by atoms with E-state index in [0.717, 1.165) is 0 Å². The molecule has 0 aromatic carbocycles. The third-order valence-electron chi connectivity index (χ3n) is 3.22. The zero-order chi connectivity index (χ0) is 21.7. The molecule has 0 aliphatic heterocycles. The summed E-state index contributed by atoms with van der Waals surface area (Å²) in [4.78, 5) is 47.7. The van der Waals surface area contributed by atoms with Gasteiger partial charge in [-0.05, 0) is 53.3 Å². The largest absolute Gasteiger partial charge is 0.519 e. The van der Waals surface area contributed by atoms with Crippen molar-refractivity contribution in [2.24, 2.45) is 0 Å². The van der Waals surface area contributed by atoms with Gasteiger partial charge >= 0.3 is 17.1 Å². The molecule has 0 aliphatic carbocycles. The maximum absolute atomic E-state index is 12.5. The van der Waals surface area contributed by atoms with Crippen LogP contribution >= 0.6 is 24.4 Å². The fraction of sp³-hybridized carbons (Fsp3) is 0.647. The molecule has 158 valence electrons. The maximum atomic E-state index is 12.5. The van der Waals surface area contributed by atoms with Crippen LogP contribution in [0, 0.1) is 6.92 Å². The van der Waals surface area contributed by atoms with Gasteiger partial charge in [0.15, 0.2) is 18.1 Å². The number of carbonyl (C=O) groups is 3. The molecule has 0 saturated carbocycles. The molecule has 0 fully saturated rings. The average molecular weight is 436 g/mol. The summed E-state index contributed by atoms with van der Waals surface area (Å²) in [6.45, 7) is 9.32. The van der Waals surface area contributed by atoms with E-state index in [1.54, 1.807) is 20.8 Å². The number of carbonyl (C=O) groups excluding carboxylic acids is 3. The first-order chi connectivity index (χ1) is 12.7. The summed E-state index contributed by atoms with van der Waals surface area (Å²) in [6.07, 6.45) is 0. The predicted octanol–water partition coefficient (Wildman–Crippen LogP) is 2.45. The number of hydrogen-bond acceptors (Lipinski definition) is 10. The van der Waals surface area contributed by atoms with Gasteiger partial charge in [0.05, 0.1) is 4.75 Å². The molecule has 1 rings (SSSR count). The second-order valence-corrected chi connectivity index (χ2v) is 9.25. The van der Waals surface area contributed by atoms with Crippen molar-refractivity contribution in [1.82, 2.24) is 5.32 Å². The fourth-order valence-electron chi connectivity index (χ4n) is 1.80. The molecule has 0 bridgehead atoms. The lowest BCUT2D eigenvalue weighted by molar-refractivity contribution is -0.158. The number of ether oxygens (including phenoxy) is 2. The monoisotopic (exact) mass is 435 g/mol. The maximum Gasteiger partial charge on any atom is 0.519 e. The molecule has 1 heterocycles. The molecule has 1 aromatic heterocycles. The van der Waals surface area contributed by atoms with E-state index in [1.807, 2.05) is 0 Å². The van der Waals surface area contributed by atoms with E-state index in [4.69, 9.17) is 13.9 Å². The van der Waals surface area contributed by atoms with Crippen molar-refractivity contribution in [1.29, 1.82) is 0 Å². The number of nitrogens with one attached hydrogen (secondary N) is 1. The first kappa shape index (κ1) is 24.2. The van der Waals surface area contributed by atoms with Gasteiger partial charge in [-0.3, -0.25) is 4.79 Å². The third kappa shape index (κ3) is 7.63. The second-order valence-electron chi connectivity index (χ2n) is 7.33. The molecule has 0 unspecified atom stereocenters. The smallest absolute Gasteiger partial charge is 0.458 e. The summed E-state index contributed by atoms with van der Waals surface area (Å²) in [5, 5.41) is 1.77. The van der Waals surface area contributed by atoms with Gasteiger partial charge in [-0.1, -0.05) is 0 Å². The minimum absolute atomic E-state index is 0.0324. The number of thioether (sulfide) groups is 1. The minimum atomic E-state index is -1.24. The quantitative estimate of drug-likeness (QED) is 0.490. The molecule has 0 aliphatic rings. The minimum Gasteiger partial charge on any atom is -0.458 e. The number of rotatable bonds is 7. The standard InChI is InChI=1S/C17H25NO8S2/c1-9-11(25-14(21)24-9)7-23-15(22)28-17(5,6)13(20)18-10(8-27)12(19)26-16(2,3)4/h10,27H,7-8H2,1-6H3,(H,18,20)/t10-/m0/s1. The molecule has 1 aromatic rings. The number of thiol groups is 1. The van der Waals surface area contributed by atoms with Crippen LogP contribution in [0.2, 0.25) is 0 Å². The Morgan fingerprint density at radius 3 is 2.25 bits per heavy atom. The zero-order valence-electron chi connectivity index (χ0n) is 16.6. The SMILES string of the molecule is Cc1oc(=O)oc1COC(=O)SC(C)(C)C(=O)N[C@@H](CS)C(=O)OC(C)(C)C. The van der Waals surface area contributed by atoms with E-state index in [1.165, 1.54) is 20.8 Å². The fourth-order valence-corrected chi connectivity index (χ4v) is 2.73. The summed E-state index contributed by atoms with van der Waals surface area (Å²) in [5.74, 6) is -1.76. The molecular weight excluding hydrogens is 410 g/mol. The highest BCUT2D eigenvalue weighted by molar-refractivity contribution is 8.15.